The summed E-state index contributed by atoms with van der Waals surface area (Å²) in [6.07, 6.45) is 0.638. The predicted molar refractivity (Wildman–Crippen MR) is 118 cm³/mol. The highest BCUT2D eigenvalue weighted by atomic mass is 35.5. The quantitative estimate of drug-likeness (QED) is 0.633. The highest BCUT2D eigenvalue weighted by molar-refractivity contribution is 5.88. The SMILES string of the molecule is COC(=O)CCC1CN(C)c2cc(OC(=O)N(C)c3ccc(OC)cc3)ccc21.Cl. The molecule has 1 aliphatic heterocycles. The molecule has 0 aliphatic carbocycles. The number of anilines is 2. The molecule has 0 saturated heterocycles. The molecule has 0 N–H and O–H groups in total. The molecule has 8 heteroatoms. The molecule has 1 aliphatic rings. The summed E-state index contributed by atoms with van der Waals surface area (Å²) in [7, 11) is 6.65. The average Bonchev–Trinajstić information content (AvgIpc) is 3.06. The molecular weight excluding hydrogens is 408 g/mol. The lowest BCUT2D eigenvalue weighted by atomic mass is 9.96. The van der Waals surface area contributed by atoms with Gasteiger partial charge in [0.2, 0.25) is 0 Å². The van der Waals surface area contributed by atoms with Crippen molar-refractivity contribution in [3.8, 4) is 11.5 Å². The largest absolute Gasteiger partial charge is 0.497 e. The van der Waals surface area contributed by atoms with E-state index in [-0.39, 0.29) is 24.3 Å². The van der Waals surface area contributed by atoms with Gasteiger partial charge in [-0.25, -0.2) is 4.79 Å². The fraction of sp³-hybridized carbons (Fsp3) is 0.364. The number of hydrogen-bond donors (Lipinski definition) is 0. The zero-order valence-electron chi connectivity index (χ0n) is 17.6. The van der Waals surface area contributed by atoms with Gasteiger partial charge in [0.25, 0.3) is 0 Å². The third-order valence-electron chi connectivity index (χ3n) is 5.21. The Morgan fingerprint density at radius 2 is 1.77 bits per heavy atom. The summed E-state index contributed by atoms with van der Waals surface area (Å²) in [5.41, 5.74) is 2.87. The first-order chi connectivity index (χ1) is 13.9. The summed E-state index contributed by atoms with van der Waals surface area (Å²) in [4.78, 5) is 27.5. The van der Waals surface area contributed by atoms with Gasteiger partial charge in [0.15, 0.2) is 0 Å². The van der Waals surface area contributed by atoms with Gasteiger partial charge in [-0.15, -0.1) is 12.4 Å². The highest BCUT2D eigenvalue weighted by Crippen LogP contribution is 2.40. The van der Waals surface area contributed by atoms with Crippen LogP contribution in [0.5, 0.6) is 11.5 Å². The normalized spacial score (nSPS) is 14.4. The maximum Gasteiger partial charge on any atom is 0.419 e. The molecule has 1 unspecified atom stereocenters. The third-order valence-corrected chi connectivity index (χ3v) is 5.21. The van der Waals surface area contributed by atoms with Gasteiger partial charge in [0.1, 0.15) is 11.5 Å². The van der Waals surface area contributed by atoms with Gasteiger partial charge in [-0.05, 0) is 42.3 Å². The van der Waals surface area contributed by atoms with Crippen molar-refractivity contribution in [3.05, 3.63) is 48.0 Å². The van der Waals surface area contributed by atoms with Gasteiger partial charge in [0.05, 0.1) is 14.2 Å². The Kier molecular flexibility index (Phi) is 7.94. The molecule has 1 atom stereocenters. The van der Waals surface area contributed by atoms with Crippen molar-refractivity contribution in [2.75, 3.05) is 44.7 Å². The number of halogens is 1. The number of esters is 1. The number of nitrogens with zero attached hydrogens (tertiary/aromatic N) is 2. The predicted octanol–water partition coefficient (Wildman–Crippen LogP) is 4.24. The van der Waals surface area contributed by atoms with E-state index in [2.05, 4.69) is 4.90 Å². The van der Waals surface area contributed by atoms with E-state index in [4.69, 9.17) is 14.2 Å². The number of carbonyl (C=O) groups is 2. The first-order valence-electron chi connectivity index (χ1n) is 9.44. The second kappa shape index (κ2) is 10.2. The molecule has 0 saturated carbocycles. The summed E-state index contributed by atoms with van der Waals surface area (Å²) in [5.74, 6) is 1.25. The molecule has 162 valence electrons. The van der Waals surface area contributed by atoms with E-state index in [9.17, 15) is 9.59 Å². The van der Waals surface area contributed by atoms with Crippen molar-refractivity contribution >= 4 is 35.8 Å². The molecule has 0 radical (unpaired) electrons. The lowest BCUT2D eigenvalue weighted by Gasteiger charge is -2.18. The molecular formula is C22H27ClN2O5. The van der Waals surface area contributed by atoms with Crippen LogP contribution in [0.4, 0.5) is 16.2 Å². The van der Waals surface area contributed by atoms with Crippen LogP contribution in [-0.4, -0.2) is 46.9 Å². The first-order valence-corrected chi connectivity index (χ1v) is 9.44. The van der Waals surface area contributed by atoms with Crippen LogP contribution in [-0.2, 0) is 9.53 Å². The van der Waals surface area contributed by atoms with E-state index in [1.54, 1.807) is 44.5 Å². The van der Waals surface area contributed by atoms with Crippen molar-refractivity contribution in [2.45, 2.75) is 18.8 Å². The monoisotopic (exact) mass is 434 g/mol. The summed E-state index contributed by atoms with van der Waals surface area (Å²) >= 11 is 0. The van der Waals surface area contributed by atoms with E-state index >= 15 is 0 Å². The Bertz CT molecular complexity index is 888. The zero-order valence-corrected chi connectivity index (χ0v) is 18.4. The average molecular weight is 435 g/mol. The van der Waals surface area contributed by atoms with E-state index < -0.39 is 6.09 Å². The summed E-state index contributed by atoms with van der Waals surface area (Å²) in [5, 5.41) is 0. The number of benzene rings is 2. The maximum atomic E-state index is 12.5. The number of likely N-dealkylation sites (N-methyl/N-ethyl adjacent to an activating group) is 1. The molecule has 30 heavy (non-hydrogen) atoms. The fourth-order valence-corrected chi connectivity index (χ4v) is 3.51. The number of ether oxygens (including phenoxy) is 3. The van der Waals surface area contributed by atoms with E-state index in [0.717, 1.165) is 30.0 Å². The van der Waals surface area contributed by atoms with Crippen LogP contribution in [0.25, 0.3) is 0 Å². The Morgan fingerprint density at radius 1 is 1.10 bits per heavy atom. The third kappa shape index (κ3) is 5.16. The molecule has 7 nitrogen and oxygen atoms in total. The van der Waals surface area contributed by atoms with Crippen LogP contribution in [0.1, 0.15) is 24.3 Å². The molecule has 1 heterocycles. The Labute approximate surface area is 182 Å². The van der Waals surface area contributed by atoms with Crippen molar-refractivity contribution in [1.29, 1.82) is 0 Å². The van der Waals surface area contributed by atoms with Crippen molar-refractivity contribution < 1.29 is 23.8 Å². The van der Waals surface area contributed by atoms with Crippen molar-refractivity contribution in [3.63, 3.8) is 0 Å². The topological polar surface area (TPSA) is 68.3 Å². The second-order valence-electron chi connectivity index (χ2n) is 7.04. The Balaban J connectivity index is 0.00000320. The van der Waals surface area contributed by atoms with Gasteiger partial charge < -0.3 is 19.1 Å². The number of methoxy groups -OCH3 is 2. The minimum absolute atomic E-state index is 0. The summed E-state index contributed by atoms with van der Waals surface area (Å²) in [6.45, 7) is 0.815. The van der Waals surface area contributed by atoms with Crippen LogP contribution >= 0.6 is 12.4 Å². The number of fused-ring (bicyclic) bond motifs is 1. The van der Waals surface area contributed by atoms with Crippen LogP contribution in [0, 0.1) is 0 Å². The number of hydrogen-bond acceptors (Lipinski definition) is 6. The smallest absolute Gasteiger partial charge is 0.419 e. The minimum atomic E-state index is -0.474. The molecule has 2 aromatic carbocycles. The van der Waals surface area contributed by atoms with Gasteiger partial charge >= 0.3 is 12.1 Å². The summed E-state index contributed by atoms with van der Waals surface area (Å²) in [6, 6.07) is 12.8. The summed E-state index contributed by atoms with van der Waals surface area (Å²) < 4.78 is 15.4. The van der Waals surface area contributed by atoms with Crippen LogP contribution < -0.4 is 19.3 Å². The first kappa shape index (κ1) is 23.3. The van der Waals surface area contributed by atoms with E-state index in [1.807, 2.05) is 19.2 Å². The van der Waals surface area contributed by atoms with Gasteiger partial charge in [-0.3, -0.25) is 9.69 Å². The molecule has 0 bridgehead atoms. The number of rotatable bonds is 6. The molecule has 1 amide bonds. The van der Waals surface area contributed by atoms with Crippen molar-refractivity contribution in [2.24, 2.45) is 0 Å². The highest BCUT2D eigenvalue weighted by Gasteiger charge is 2.27. The minimum Gasteiger partial charge on any atom is -0.497 e. The van der Waals surface area contributed by atoms with E-state index in [0.29, 0.717) is 17.9 Å². The molecule has 0 fully saturated rings. The number of carbonyl (C=O) groups excluding carboxylic acids is 2. The van der Waals surface area contributed by atoms with Crippen LogP contribution in [0.3, 0.4) is 0 Å². The Morgan fingerprint density at radius 3 is 2.40 bits per heavy atom. The van der Waals surface area contributed by atoms with Crippen LogP contribution in [0.2, 0.25) is 0 Å². The van der Waals surface area contributed by atoms with Gasteiger partial charge in [0, 0.05) is 50.4 Å². The zero-order chi connectivity index (χ0) is 21.0. The number of amides is 1. The lowest BCUT2D eigenvalue weighted by Crippen LogP contribution is -2.29. The standard InChI is InChI=1S/C22H26N2O5.ClH/c1-23-14-15(5-12-21(25)28-4)19-11-10-18(13-20(19)23)29-22(26)24(2)16-6-8-17(27-3)9-7-16;/h6-11,13,15H,5,12,14H2,1-4H3;1H. The van der Waals surface area contributed by atoms with Gasteiger partial charge in [-0.1, -0.05) is 6.07 Å². The van der Waals surface area contributed by atoms with Crippen LogP contribution in [0.15, 0.2) is 42.5 Å². The van der Waals surface area contributed by atoms with Gasteiger partial charge in [-0.2, -0.15) is 0 Å². The molecule has 0 spiro atoms. The maximum absolute atomic E-state index is 12.5. The Hall–Kier alpha value is -2.93. The van der Waals surface area contributed by atoms with Crippen molar-refractivity contribution in [1.82, 2.24) is 0 Å². The second-order valence-corrected chi connectivity index (χ2v) is 7.04. The lowest BCUT2D eigenvalue weighted by molar-refractivity contribution is -0.140. The molecule has 3 rings (SSSR count). The molecule has 0 aromatic heterocycles. The molecule has 2 aromatic rings. The van der Waals surface area contributed by atoms with E-state index in [1.165, 1.54) is 12.0 Å². The fourth-order valence-electron chi connectivity index (χ4n) is 3.51.